The maximum Gasteiger partial charge on any atom is 0.255 e. The van der Waals surface area contributed by atoms with Crippen LogP contribution in [0.15, 0.2) is 48.5 Å². The Morgan fingerprint density at radius 3 is 2.63 bits per heavy atom. The molecule has 4 rings (SSSR count). The number of likely N-dealkylation sites (tertiary alicyclic amines) is 1. The van der Waals surface area contributed by atoms with Crippen molar-refractivity contribution in [1.29, 1.82) is 0 Å². The summed E-state index contributed by atoms with van der Waals surface area (Å²) >= 11 is 0. The number of rotatable bonds is 3. The van der Waals surface area contributed by atoms with Crippen LogP contribution in [0, 0.1) is 11.7 Å². The van der Waals surface area contributed by atoms with E-state index >= 15 is 0 Å². The van der Waals surface area contributed by atoms with Gasteiger partial charge >= 0.3 is 0 Å². The van der Waals surface area contributed by atoms with Gasteiger partial charge in [-0.25, -0.2) is 4.39 Å². The standard InChI is InChI=1S/C23H26FN3O3/c1-15(16-8-10-17(24)11-9-16)27-12-19(22(29)26(2)3)23(13-27)14-30-20-7-5-4-6-18(20)21(28)25-23/h4-11,15,19H,12-14H2,1-3H3,(H,25,28)/t15-,19-,23-/m1/s1. The first-order valence-electron chi connectivity index (χ1n) is 10.1. The summed E-state index contributed by atoms with van der Waals surface area (Å²) in [5, 5.41) is 3.13. The highest BCUT2D eigenvalue weighted by atomic mass is 19.1. The number of fused-ring (bicyclic) bond motifs is 1. The number of carbonyl (C=O) groups is 2. The molecule has 2 aromatic rings. The number of halogens is 1. The van der Waals surface area contributed by atoms with Gasteiger partial charge in [0, 0.05) is 33.2 Å². The number of hydrogen-bond acceptors (Lipinski definition) is 4. The number of benzene rings is 2. The molecule has 0 aromatic heterocycles. The van der Waals surface area contributed by atoms with Gasteiger partial charge in [-0.15, -0.1) is 0 Å². The normalized spacial score (nSPS) is 24.5. The Bertz CT molecular complexity index is 962. The molecular formula is C23H26FN3O3. The number of amides is 2. The third kappa shape index (κ3) is 3.54. The summed E-state index contributed by atoms with van der Waals surface area (Å²) in [6, 6.07) is 13.4. The fraction of sp³-hybridized carbons (Fsp3) is 0.391. The fourth-order valence-corrected chi connectivity index (χ4v) is 4.41. The second-order valence-electron chi connectivity index (χ2n) is 8.34. The topological polar surface area (TPSA) is 61.9 Å². The molecule has 0 bridgehead atoms. The van der Waals surface area contributed by atoms with Gasteiger partial charge in [0.05, 0.1) is 17.0 Å². The lowest BCUT2D eigenvalue weighted by Crippen LogP contribution is -2.60. The van der Waals surface area contributed by atoms with E-state index in [1.165, 1.54) is 12.1 Å². The average Bonchev–Trinajstić information content (AvgIpc) is 3.03. The van der Waals surface area contributed by atoms with E-state index in [4.69, 9.17) is 4.74 Å². The van der Waals surface area contributed by atoms with E-state index in [-0.39, 0.29) is 30.3 Å². The minimum absolute atomic E-state index is 0.0510. The van der Waals surface area contributed by atoms with Crippen molar-refractivity contribution in [2.75, 3.05) is 33.8 Å². The van der Waals surface area contributed by atoms with Crippen molar-refractivity contribution in [3.8, 4) is 5.75 Å². The molecule has 0 radical (unpaired) electrons. The number of carbonyl (C=O) groups excluding carboxylic acids is 2. The van der Waals surface area contributed by atoms with Crippen LogP contribution in [-0.2, 0) is 4.79 Å². The highest BCUT2D eigenvalue weighted by Crippen LogP contribution is 2.37. The molecule has 2 aliphatic rings. The lowest BCUT2D eigenvalue weighted by molar-refractivity contribution is -0.134. The SMILES string of the molecule is C[C@H](c1ccc(F)cc1)N1C[C@H](C(=O)N(C)C)[C@]2(COc3ccccc3C(=O)N2)C1. The largest absolute Gasteiger partial charge is 0.490 e. The number of hydrogen-bond donors (Lipinski definition) is 1. The molecule has 1 spiro atoms. The van der Waals surface area contributed by atoms with Crippen molar-refractivity contribution in [1.82, 2.24) is 15.1 Å². The molecule has 7 heteroatoms. The predicted octanol–water partition coefficient (Wildman–Crippen LogP) is 2.47. The number of nitrogens with one attached hydrogen (secondary N) is 1. The third-order valence-electron chi connectivity index (χ3n) is 6.19. The van der Waals surface area contributed by atoms with Gasteiger partial charge in [0.2, 0.25) is 5.91 Å². The summed E-state index contributed by atoms with van der Waals surface area (Å²) in [5.41, 5.74) is 0.565. The van der Waals surface area contributed by atoms with Gasteiger partial charge in [-0.3, -0.25) is 14.5 Å². The Hall–Kier alpha value is -2.93. The maximum absolute atomic E-state index is 13.4. The molecule has 0 saturated carbocycles. The molecule has 1 fully saturated rings. The van der Waals surface area contributed by atoms with Crippen LogP contribution in [-0.4, -0.2) is 60.9 Å². The first-order chi connectivity index (χ1) is 14.3. The van der Waals surface area contributed by atoms with E-state index in [9.17, 15) is 14.0 Å². The first-order valence-corrected chi connectivity index (χ1v) is 10.1. The van der Waals surface area contributed by atoms with Crippen LogP contribution in [0.3, 0.4) is 0 Å². The van der Waals surface area contributed by atoms with Crippen molar-refractivity contribution >= 4 is 11.8 Å². The van der Waals surface area contributed by atoms with Crippen LogP contribution >= 0.6 is 0 Å². The molecule has 2 aromatic carbocycles. The van der Waals surface area contributed by atoms with Crippen LogP contribution in [0.5, 0.6) is 5.75 Å². The zero-order chi connectivity index (χ0) is 21.5. The van der Waals surface area contributed by atoms with E-state index in [1.54, 1.807) is 49.3 Å². The fourth-order valence-electron chi connectivity index (χ4n) is 4.41. The summed E-state index contributed by atoms with van der Waals surface area (Å²) in [5.74, 6) is -0.525. The lowest BCUT2D eigenvalue weighted by Gasteiger charge is -2.34. The van der Waals surface area contributed by atoms with E-state index < -0.39 is 11.5 Å². The molecule has 30 heavy (non-hydrogen) atoms. The van der Waals surface area contributed by atoms with E-state index in [0.29, 0.717) is 24.4 Å². The minimum atomic E-state index is -0.855. The van der Waals surface area contributed by atoms with Crippen molar-refractivity contribution in [2.45, 2.75) is 18.5 Å². The lowest BCUT2D eigenvalue weighted by atomic mass is 9.86. The Morgan fingerprint density at radius 1 is 1.23 bits per heavy atom. The number of nitrogens with zero attached hydrogens (tertiary/aromatic N) is 2. The molecule has 1 saturated heterocycles. The Kier molecular flexibility index (Phi) is 5.24. The monoisotopic (exact) mass is 411 g/mol. The molecule has 3 atom stereocenters. The Labute approximate surface area is 175 Å². The van der Waals surface area contributed by atoms with E-state index in [2.05, 4.69) is 10.2 Å². The summed E-state index contributed by atoms with van der Waals surface area (Å²) in [6.45, 7) is 3.15. The quantitative estimate of drug-likeness (QED) is 0.843. The van der Waals surface area contributed by atoms with Crippen molar-refractivity contribution < 1.29 is 18.7 Å². The minimum Gasteiger partial charge on any atom is -0.490 e. The van der Waals surface area contributed by atoms with Crippen LogP contribution < -0.4 is 10.1 Å². The highest BCUT2D eigenvalue weighted by molar-refractivity contribution is 5.98. The molecule has 0 unspecified atom stereocenters. The molecule has 6 nitrogen and oxygen atoms in total. The van der Waals surface area contributed by atoms with Gasteiger partial charge in [-0.1, -0.05) is 24.3 Å². The van der Waals surface area contributed by atoms with Crippen LogP contribution in [0.25, 0.3) is 0 Å². The maximum atomic E-state index is 13.4. The average molecular weight is 411 g/mol. The Morgan fingerprint density at radius 2 is 1.93 bits per heavy atom. The third-order valence-corrected chi connectivity index (χ3v) is 6.19. The molecule has 158 valence electrons. The van der Waals surface area contributed by atoms with Gasteiger partial charge in [0.15, 0.2) is 0 Å². The summed E-state index contributed by atoms with van der Waals surface area (Å²) in [7, 11) is 3.44. The first kappa shape index (κ1) is 20.3. The number of ether oxygens (including phenoxy) is 1. The van der Waals surface area contributed by atoms with Crippen LogP contribution in [0.4, 0.5) is 4.39 Å². The zero-order valence-corrected chi connectivity index (χ0v) is 17.4. The molecule has 2 aliphatic heterocycles. The summed E-state index contributed by atoms with van der Waals surface area (Å²) in [6.07, 6.45) is 0. The van der Waals surface area contributed by atoms with Crippen molar-refractivity contribution in [3.05, 3.63) is 65.5 Å². The second kappa shape index (κ2) is 7.72. The molecular weight excluding hydrogens is 385 g/mol. The van der Waals surface area contributed by atoms with E-state index in [0.717, 1.165) is 5.56 Å². The van der Waals surface area contributed by atoms with E-state index in [1.807, 2.05) is 13.0 Å². The van der Waals surface area contributed by atoms with Gasteiger partial charge in [-0.05, 0) is 36.8 Å². The van der Waals surface area contributed by atoms with Crippen molar-refractivity contribution in [3.63, 3.8) is 0 Å². The highest BCUT2D eigenvalue weighted by Gasteiger charge is 2.54. The predicted molar refractivity (Wildman–Crippen MR) is 111 cm³/mol. The molecule has 0 aliphatic carbocycles. The zero-order valence-electron chi connectivity index (χ0n) is 17.4. The number of para-hydroxylation sites is 1. The van der Waals surface area contributed by atoms with Crippen molar-refractivity contribution in [2.24, 2.45) is 5.92 Å². The molecule has 2 heterocycles. The van der Waals surface area contributed by atoms with Crippen LogP contribution in [0.1, 0.15) is 28.9 Å². The van der Waals surface area contributed by atoms with Gasteiger partial charge in [0.1, 0.15) is 18.2 Å². The van der Waals surface area contributed by atoms with Gasteiger partial charge in [0.25, 0.3) is 5.91 Å². The second-order valence-corrected chi connectivity index (χ2v) is 8.34. The summed E-state index contributed by atoms with van der Waals surface area (Å²) in [4.78, 5) is 29.8. The summed E-state index contributed by atoms with van der Waals surface area (Å²) < 4.78 is 19.4. The van der Waals surface area contributed by atoms with Crippen LogP contribution in [0.2, 0.25) is 0 Å². The molecule has 2 amide bonds. The molecule has 1 N–H and O–H groups in total. The van der Waals surface area contributed by atoms with Gasteiger partial charge in [-0.2, -0.15) is 0 Å². The smallest absolute Gasteiger partial charge is 0.255 e. The Balaban J connectivity index is 1.67. The van der Waals surface area contributed by atoms with Gasteiger partial charge < -0.3 is 15.0 Å².